The molecule has 1 atom stereocenters. The number of hydrogen-bond acceptors (Lipinski definition) is 2. The van der Waals surface area contributed by atoms with Gasteiger partial charge in [-0.15, -0.1) is 0 Å². The summed E-state index contributed by atoms with van der Waals surface area (Å²) in [6.07, 6.45) is 1.35. The molecule has 38 heavy (non-hydrogen) atoms. The molecule has 0 aliphatic rings. The molecule has 2 amide bonds. The molecule has 0 bridgehead atoms. The van der Waals surface area contributed by atoms with Gasteiger partial charge in [0.2, 0.25) is 11.8 Å². The van der Waals surface area contributed by atoms with E-state index in [1.54, 1.807) is 4.90 Å². The van der Waals surface area contributed by atoms with Crippen LogP contribution < -0.4 is 5.32 Å². The van der Waals surface area contributed by atoms with Gasteiger partial charge in [0.15, 0.2) is 0 Å². The first-order valence-electron chi connectivity index (χ1n) is 13.2. The molecule has 1 N–H and O–H groups in total. The van der Waals surface area contributed by atoms with Crippen LogP contribution in [-0.2, 0) is 29.0 Å². The minimum Gasteiger partial charge on any atom is -0.354 e. The second-order valence-electron chi connectivity index (χ2n) is 10.1. The normalized spacial score (nSPS) is 11.9. The van der Waals surface area contributed by atoms with Crippen molar-refractivity contribution in [3.63, 3.8) is 0 Å². The Kier molecular flexibility index (Phi) is 9.56. The number of nitrogens with one attached hydrogen (secondary N) is 1. The van der Waals surface area contributed by atoms with Crippen molar-refractivity contribution in [2.24, 2.45) is 5.92 Å². The molecule has 0 fully saturated rings. The summed E-state index contributed by atoms with van der Waals surface area (Å²) in [5.41, 5.74) is 3.08. The van der Waals surface area contributed by atoms with E-state index < -0.39 is 6.04 Å². The molecular formula is C33H35ClN2O2. The first-order valence-corrected chi connectivity index (χ1v) is 13.6. The fraction of sp³-hybridized carbons (Fsp3) is 0.273. The lowest BCUT2D eigenvalue weighted by atomic mass is 9.99. The molecule has 0 saturated carbocycles. The zero-order valence-electron chi connectivity index (χ0n) is 22.1. The van der Waals surface area contributed by atoms with Gasteiger partial charge < -0.3 is 10.2 Å². The molecule has 196 valence electrons. The highest BCUT2D eigenvalue weighted by molar-refractivity contribution is 6.30. The van der Waals surface area contributed by atoms with E-state index in [1.165, 1.54) is 0 Å². The van der Waals surface area contributed by atoms with Gasteiger partial charge in [0.25, 0.3) is 0 Å². The summed E-state index contributed by atoms with van der Waals surface area (Å²) in [6.45, 7) is 5.02. The third kappa shape index (κ3) is 7.45. The summed E-state index contributed by atoms with van der Waals surface area (Å²) in [5, 5.41) is 6.03. The highest BCUT2D eigenvalue weighted by Gasteiger charge is 2.30. The Balaban J connectivity index is 1.63. The molecule has 5 heteroatoms. The van der Waals surface area contributed by atoms with Gasteiger partial charge in [-0.1, -0.05) is 110 Å². The molecule has 0 aliphatic carbocycles. The van der Waals surface area contributed by atoms with E-state index in [2.05, 4.69) is 43.4 Å². The average molecular weight is 527 g/mol. The van der Waals surface area contributed by atoms with E-state index in [1.807, 2.05) is 72.8 Å². The van der Waals surface area contributed by atoms with Crippen LogP contribution in [-0.4, -0.2) is 29.3 Å². The van der Waals surface area contributed by atoms with E-state index in [4.69, 9.17) is 11.6 Å². The zero-order chi connectivity index (χ0) is 26.9. The van der Waals surface area contributed by atoms with Crippen LogP contribution in [0, 0.1) is 5.92 Å². The van der Waals surface area contributed by atoms with Gasteiger partial charge in [-0.05, 0) is 51.9 Å². The van der Waals surface area contributed by atoms with Gasteiger partial charge in [-0.2, -0.15) is 0 Å². The SMILES string of the molecule is CC(C)CNC(=O)[C@@H](Cc1ccccc1)N(Cc1ccc(Cl)cc1)C(=O)CCc1cccc2ccccc12. The molecule has 0 heterocycles. The van der Waals surface area contributed by atoms with Crippen LogP contribution in [0.25, 0.3) is 10.8 Å². The standard InChI is InChI=1S/C33H35ClN2O2/c1-24(2)22-35-33(38)31(21-25-9-4-3-5-10-25)36(23-26-15-18-29(34)19-16-26)32(37)20-17-28-13-8-12-27-11-6-7-14-30(27)28/h3-16,18-19,24,31H,17,20-23H2,1-2H3,(H,35,38)/t31-/m1/s1. The highest BCUT2D eigenvalue weighted by Crippen LogP contribution is 2.22. The van der Waals surface area contributed by atoms with Crippen molar-refractivity contribution in [1.82, 2.24) is 10.2 Å². The lowest BCUT2D eigenvalue weighted by Gasteiger charge is -2.32. The van der Waals surface area contributed by atoms with E-state index in [9.17, 15) is 9.59 Å². The zero-order valence-corrected chi connectivity index (χ0v) is 22.8. The summed E-state index contributed by atoms with van der Waals surface area (Å²) in [5.74, 6) is 0.131. The summed E-state index contributed by atoms with van der Waals surface area (Å²) < 4.78 is 0. The predicted octanol–water partition coefficient (Wildman–Crippen LogP) is 6.84. The second-order valence-corrected chi connectivity index (χ2v) is 10.6. The number of carbonyl (C=O) groups excluding carboxylic acids is 2. The minimum absolute atomic E-state index is 0.0477. The molecule has 4 aromatic carbocycles. The van der Waals surface area contributed by atoms with Crippen molar-refractivity contribution in [3.05, 3.63) is 119 Å². The molecule has 0 unspecified atom stereocenters. The van der Waals surface area contributed by atoms with Gasteiger partial charge in [0.05, 0.1) is 0 Å². The van der Waals surface area contributed by atoms with Gasteiger partial charge >= 0.3 is 0 Å². The Labute approximate surface area is 230 Å². The number of carbonyl (C=O) groups is 2. The topological polar surface area (TPSA) is 49.4 Å². The lowest BCUT2D eigenvalue weighted by Crippen LogP contribution is -2.51. The molecule has 0 spiro atoms. The summed E-state index contributed by atoms with van der Waals surface area (Å²) in [6, 6.07) is 31.2. The van der Waals surface area contributed by atoms with Crippen LogP contribution in [0.5, 0.6) is 0 Å². The van der Waals surface area contributed by atoms with Crippen LogP contribution in [0.15, 0.2) is 97.1 Å². The lowest BCUT2D eigenvalue weighted by molar-refractivity contribution is -0.141. The maximum absolute atomic E-state index is 13.9. The van der Waals surface area contributed by atoms with Gasteiger partial charge in [-0.3, -0.25) is 9.59 Å². The molecule has 0 aromatic heterocycles. The van der Waals surface area contributed by atoms with Crippen LogP contribution in [0.4, 0.5) is 0 Å². The van der Waals surface area contributed by atoms with Crippen LogP contribution in [0.2, 0.25) is 5.02 Å². The number of rotatable bonds is 11. The van der Waals surface area contributed by atoms with Crippen molar-refractivity contribution in [2.75, 3.05) is 6.54 Å². The van der Waals surface area contributed by atoms with Crippen molar-refractivity contribution in [1.29, 1.82) is 0 Å². The van der Waals surface area contributed by atoms with E-state index >= 15 is 0 Å². The molecule has 4 rings (SSSR count). The van der Waals surface area contributed by atoms with Crippen molar-refractivity contribution >= 4 is 34.2 Å². The number of benzene rings is 4. The quantitative estimate of drug-likeness (QED) is 0.232. The smallest absolute Gasteiger partial charge is 0.243 e. The Morgan fingerprint density at radius 2 is 1.50 bits per heavy atom. The van der Waals surface area contributed by atoms with Crippen molar-refractivity contribution in [3.8, 4) is 0 Å². The maximum Gasteiger partial charge on any atom is 0.243 e. The van der Waals surface area contributed by atoms with Gasteiger partial charge in [-0.25, -0.2) is 0 Å². The monoisotopic (exact) mass is 526 g/mol. The number of aryl methyl sites for hydroxylation is 1. The molecular weight excluding hydrogens is 492 g/mol. The molecule has 0 aliphatic heterocycles. The summed E-state index contributed by atoms with van der Waals surface area (Å²) >= 11 is 6.12. The van der Waals surface area contributed by atoms with Gasteiger partial charge in [0, 0.05) is 31.0 Å². The Morgan fingerprint density at radius 1 is 0.816 bits per heavy atom. The Bertz CT molecular complexity index is 1350. The average Bonchev–Trinajstić information content (AvgIpc) is 2.93. The Morgan fingerprint density at radius 3 is 2.24 bits per heavy atom. The van der Waals surface area contributed by atoms with Crippen molar-refractivity contribution < 1.29 is 9.59 Å². The molecule has 4 nitrogen and oxygen atoms in total. The van der Waals surface area contributed by atoms with Crippen LogP contribution >= 0.6 is 11.6 Å². The number of halogens is 1. The number of nitrogens with zero attached hydrogens (tertiary/aromatic N) is 1. The number of hydrogen-bond donors (Lipinski definition) is 1. The largest absolute Gasteiger partial charge is 0.354 e. The fourth-order valence-electron chi connectivity index (χ4n) is 4.66. The van der Waals surface area contributed by atoms with Gasteiger partial charge in [0.1, 0.15) is 6.04 Å². The number of amides is 2. The summed E-state index contributed by atoms with van der Waals surface area (Å²) in [4.78, 5) is 29.2. The second kappa shape index (κ2) is 13.3. The Hall–Kier alpha value is -3.63. The van der Waals surface area contributed by atoms with E-state index in [0.717, 1.165) is 27.5 Å². The molecule has 0 saturated heterocycles. The van der Waals surface area contributed by atoms with Crippen molar-refractivity contribution in [2.45, 2.75) is 45.7 Å². The van der Waals surface area contributed by atoms with E-state index in [-0.39, 0.29) is 11.8 Å². The maximum atomic E-state index is 13.9. The molecule has 4 aromatic rings. The summed E-state index contributed by atoms with van der Waals surface area (Å²) in [7, 11) is 0. The first kappa shape index (κ1) is 27.4. The fourth-order valence-corrected chi connectivity index (χ4v) is 4.78. The van der Waals surface area contributed by atoms with Crippen LogP contribution in [0.1, 0.15) is 37.0 Å². The third-order valence-electron chi connectivity index (χ3n) is 6.71. The predicted molar refractivity (Wildman–Crippen MR) is 156 cm³/mol. The highest BCUT2D eigenvalue weighted by atomic mass is 35.5. The third-order valence-corrected chi connectivity index (χ3v) is 6.96. The minimum atomic E-state index is -0.633. The first-order chi connectivity index (χ1) is 18.4. The number of fused-ring (bicyclic) bond motifs is 1. The van der Waals surface area contributed by atoms with Crippen LogP contribution in [0.3, 0.4) is 0 Å². The van der Waals surface area contributed by atoms with E-state index in [0.29, 0.717) is 43.3 Å². The molecule has 0 radical (unpaired) electrons.